The van der Waals surface area contributed by atoms with Crippen molar-refractivity contribution in [2.45, 2.75) is 23.2 Å². The fourth-order valence-electron chi connectivity index (χ4n) is 2.30. The molecule has 0 atom stereocenters. The summed E-state index contributed by atoms with van der Waals surface area (Å²) in [5.41, 5.74) is -2.32. The highest BCUT2D eigenvalue weighted by Gasteiger charge is 2.34. The molecule has 10 heteroatoms. The Morgan fingerprint density at radius 2 is 2.00 bits per heavy atom. The van der Waals surface area contributed by atoms with Crippen LogP contribution >= 0.6 is 11.8 Å². The number of aromatic nitrogens is 2. The number of esters is 1. The van der Waals surface area contributed by atoms with Gasteiger partial charge >= 0.3 is 12.1 Å². The van der Waals surface area contributed by atoms with Gasteiger partial charge in [-0.15, -0.1) is 0 Å². The number of benzene rings is 1. The fourth-order valence-corrected chi connectivity index (χ4v) is 3.18. The lowest BCUT2D eigenvalue weighted by molar-refractivity contribution is -0.141. The Hall–Kier alpha value is -3.01. The monoisotopic (exact) mass is 410 g/mol. The molecule has 0 saturated heterocycles. The molecule has 0 amide bonds. The molecule has 0 radical (unpaired) electrons. The van der Waals surface area contributed by atoms with E-state index in [0.29, 0.717) is 29.2 Å². The summed E-state index contributed by atoms with van der Waals surface area (Å²) in [6, 6.07) is 9.59. The summed E-state index contributed by atoms with van der Waals surface area (Å²) in [6.07, 6.45) is -3.40. The summed E-state index contributed by atoms with van der Waals surface area (Å²) in [5, 5.41) is -0.0249. The number of rotatable bonds is 5. The van der Waals surface area contributed by atoms with Crippen LogP contribution in [0.1, 0.15) is 23.0 Å². The number of hydrogen-bond acceptors (Lipinski definition) is 6. The van der Waals surface area contributed by atoms with Crippen LogP contribution in [-0.2, 0) is 10.9 Å². The molecule has 0 aliphatic heterocycles. The molecule has 0 aliphatic carbocycles. The van der Waals surface area contributed by atoms with E-state index in [9.17, 15) is 22.8 Å². The van der Waals surface area contributed by atoms with E-state index in [-0.39, 0.29) is 16.7 Å². The first-order valence-electron chi connectivity index (χ1n) is 8.00. The highest BCUT2D eigenvalue weighted by Crippen LogP contribution is 2.35. The molecule has 0 spiro atoms. The fraction of sp³-hybridized carbons (Fsp3) is 0.167. The molecule has 0 saturated carbocycles. The van der Waals surface area contributed by atoms with E-state index in [4.69, 9.17) is 9.15 Å². The van der Waals surface area contributed by atoms with E-state index in [0.717, 1.165) is 0 Å². The minimum Gasteiger partial charge on any atom is -0.462 e. The van der Waals surface area contributed by atoms with E-state index in [1.807, 2.05) is 6.07 Å². The van der Waals surface area contributed by atoms with Crippen LogP contribution in [0.2, 0.25) is 0 Å². The van der Waals surface area contributed by atoms with Gasteiger partial charge in [0.15, 0.2) is 5.76 Å². The van der Waals surface area contributed by atoms with Crippen molar-refractivity contribution in [3.63, 3.8) is 0 Å². The van der Waals surface area contributed by atoms with Crippen LogP contribution in [0, 0.1) is 0 Å². The number of carbonyl (C=O) groups is 1. The number of H-pyrrole nitrogens is 1. The van der Waals surface area contributed by atoms with Gasteiger partial charge in [-0.2, -0.15) is 13.2 Å². The van der Waals surface area contributed by atoms with Crippen LogP contribution < -0.4 is 5.56 Å². The van der Waals surface area contributed by atoms with Crippen molar-refractivity contribution in [3.8, 4) is 11.3 Å². The lowest BCUT2D eigenvalue weighted by atomic mass is 10.2. The third-order valence-electron chi connectivity index (χ3n) is 3.52. The number of alkyl halides is 3. The van der Waals surface area contributed by atoms with Crippen molar-refractivity contribution < 1.29 is 27.1 Å². The minimum atomic E-state index is -4.80. The maximum Gasteiger partial charge on any atom is 0.431 e. The second-order valence-electron chi connectivity index (χ2n) is 5.43. The zero-order chi connectivity index (χ0) is 20.3. The maximum absolute atomic E-state index is 13.1. The van der Waals surface area contributed by atoms with Gasteiger partial charge in [0.1, 0.15) is 11.3 Å². The molecule has 0 aliphatic rings. The van der Waals surface area contributed by atoms with Gasteiger partial charge in [-0.25, -0.2) is 9.78 Å². The largest absolute Gasteiger partial charge is 0.462 e. The Morgan fingerprint density at radius 3 is 2.64 bits per heavy atom. The average molecular weight is 410 g/mol. The van der Waals surface area contributed by atoms with Gasteiger partial charge in [0.05, 0.1) is 12.8 Å². The topological polar surface area (TPSA) is 85.2 Å². The molecule has 1 aromatic carbocycles. The van der Waals surface area contributed by atoms with Crippen molar-refractivity contribution >= 4 is 17.7 Å². The third-order valence-corrected chi connectivity index (χ3v) is 4.43. The van der Waals surface area contributed by atoms with E-state index >= 15 is 0 Å². The summed E-state index contributed by atoms with van der Waals surface area (Å²) in [7, 11) is 0. The van der Waals surface area contributed by atoms with Gasteiger partial charge in [0.2, 0.25) is 0 Å². The smallest absolute Gasteiger partial charge is 0.431 e. The van der Waals surface area contributed by atoms with Gasteiger partial charge in [-0.1, -0.05) is 30.3 Å². The lowest BCUT2D eigenvalue weighted by Gasteiger charge is -2.11. The quantitative estimate of drug-likeness (QED) is 0.629. The van der Waals surface area contributed by atoms with Crippen molar-refractivity contribution in [1.82, 2.24) is 9.97 Å². The van der Waals surface area contributed by atoms with Crippen LogP contribution in [0.4, 0.5) is 13.2 Å². The summed E-state index contributed by atoms with van der Waals surface area (Å²) in [5.74, 6) is -0.642. The average Bonchev–Trinajstić information content (AvgIpc) is 3.10. The number of nitrogens with one attached hydrogen (secondary N) is 1. The van der Waals surface area contributed by atoms with Crippen LogP contribution in [-0.4, -0.2) is 22.5 Å². The molecule has 2 heterocycles. The van der Waals surface area contributed by atoms with Gasteiger partial charge < -0.3 is 14.1 Å². The Labute approximate surface area is 160 Å². The molecule has 3 rings (SSSR count). The maximum atomic E-state index is 13.1. The van der Waals surface area contributed by atoms with Crippen molar-refractivity contribution in [2.24, 2.45) is 0 Å². The van der Waals surface area contributed by atoms with Crippen LogP contribution in [0.3, 0.4) is 0 Å². The first-order valence-corrected chi connectivity index (χ1v) is 8.82. The molecule has 0 unspecified atom stereocenters. The SMILES string of the molecule is CCOC(=O)c1c(Sc2ncc(-c3ccccc3)o2)cc(C(F)(F)F)[nH]c1=O. The second-order valence-corrected chi connectivity index (χ2v) is 6.42. The predicted octanol–water partition coefficient (Wildman–Crippen LogP) is 4.38. The molecular weight excluding hydrogens is 397 g/mol. The summed E-state index contributed by atoms with van der Waals surface area (Å²) in [4.78, 5) is 29.6. The number of nitrogens with zero attached hydrogens (tertiary/aromatic N) is 1. The molecule has 28 heavy (non-hydrogen) atoms. The Bertz CT molecular complexity index is 1040. The molecular formula is C18H13F3N2O4S. The minimum absolute atomic E-state index is 0.0249. The van der Waals surface area contributed by atoms with Gasteiger partial charge in [-0.05, 0) is 24.8 Å². The Morgan fingerprint density at radius 1 is 1.29 bits per heavy atom. The van der Waals surface area contributed by atoms with E-state index in [2.05, 4.69) is 4.98 Å². The zero-order valence-corrected chi connectivity index (χ0v) is 15.2. The first kappa shape index (κ1) is 19.7. The first-order chi connectivity index (χ1) is 13.3. The number of halogens is 3. The van der Waals surface area contributed by atoms with Crippen LogP contribution in [0.5, 0.6) is 0 Å². The number of carbonyl (C=O) groups excluding carboxylic acids is 1. The molecule has 0 bridgehead atoms. The van der Waals surface area contributed by atoms with Crippen LogP contribution in [0.15, 0.2) is 61.9 Å². The highest BCUT2D eigenvalue weighted by molar-refractivity contribution is 7.99. The summed E-state index contributed by atoms with van der Waals surface area (Å²) < 4.78 is 49.5. The number of ether oxygens (including phenoxy) is 1. The Kier molecular flexibility index (Phi) is 5.59. The highest BCUT2D eigenvalue weighted by atomic mass is 32.2. The van der Waals surface area contributed by atoms with Crippen molar-refractivity contribution in [1.29, 1.82) is 0 Å². The van der Waals surface area contributed by atoms with Gasteiger partial charge in [0, 0.05) is 10.5 Å². The van der Waals surface area contributed by atoms with Gasteiger partial charge in [-0.3, -0.25) is 4.79 Å². The summed E-state index contributed by atoms with van der Waals surface area (Å²) in [6.45, 7) is 1.48. The van der Waals surface area contributed by atoms with Crippen molar-refractivity contribution in [2.75, 3.05) is 6.61 Å². The normalized spacial score (nSPS) is 11.4. The zero-order valence-electron chi connectivity index (χ0n) is 14.4. The second kappa shape index (κ2) is 7.93. The molecule has 2 aromatic heterocycles. The molecule has 1 N–H and O–H groups in total. The van der Waals surface area contributed by atoms with Gasteiger partial charge in [0.25, 0.3) is 10.8 Å². The van der Waals surface area contributed by atoms with Crippen LogP contribution in [0.25, 0.3) is 11.3 Å². The summed E-state index contributed by atoms with van der Waals surface area (Å²) >= 11 is 0.630. The molecule has 146 valence electrons. The predicted molar refractivity (Wildman–Crippen MR) is 94.1 cm³/mol. The number of aromatic amines is 1. The lowest BCUT2D eigenvalue weighted by Crippen LogP contribution is -2.25. The number of oxazole rings is 1. The Balaban J connectivity index is 2.02. The van der Waals surface area contributed by atoms with E-state index < -0.39 is 29.0 Å². The standard InChI is InChI=1S/C18H13F3N2O4S/c1-2-26-16(25)14-12(8-13(18(19,20)21)23-15(14)24)28-17-22-9-11(27-17)10-6-4-3-5-7-10/h3-9H,2H2,1H3,(H,23,24). The number of pyridine rings is 1. The molecule has 6 nitrogen and oxygen atoms in total. The van der Waals surface area contributed by atoms with E-state index in [1.165, 1.54) is 13.1 Å². The number of hydrogen-bond donors (Lipinski definition) is 1. The van der Waals surface area contributed by atoms with Crippen molar-refractivity contribution in [3.05, 3.63) is 64.2 Å². The third kappa shape index (κ3) is 4.28. The van der Waals surface area contributed by atoms with E-state index in [1.54, 1.807) is 29.2 Å². The molecule has 3 aromatic rings. The molecule has 0 fully saturated rings.